The first-order valence-corrected chi connectivity index (χ1v) is 12.6. The number of thioether (sulfide) groups is 1. The number of benzene rings is 2. The Hall–Kier alpha value is -3.82. The summed E-state index contributed by atoms with van der Waals surface area (Å²) in [7, 11) is 1.61. The summed E-state index contributed by atoms with van der Waals surface area (Å²) in [4.78, 5) is 22.3. The molecule has 2 N–H and O–H groups in total. The van der Waals surface area contributed by atoms with E-state index in [4.69, 9.17) is 26.4 Å². The van der Waals surface area contributed by atoms with Crippen LogP contribution in [0, 0.1) is 0 Å². The standard InChI is InChI=1S/C26H23ClN6O2S/c1-16-22(24(34)30-19-9-6-12-28-14-19)23(17-8-5-10-20(13-17)35-2)33-25(29-16)31-26(32-33)36-15-18-7-3-4-11-21(18)27/h3-14,23H,15H2,1-2H3,(H,30,34)(H,29,31,32)/t23-/m0/s1. The van der Waals surface area contributed by atoms with Gasteiger partial charge in [-0.25, -0.2) is 4.68 Å². The number of allylic oxidation sites excluding steroid dienone is 1. The lowest BCUT2D eigenvalue weighted by molar-refractivity contribution is -0.113. The van der Waals surface area contributed by atoms with Gasteiger partial charge in [0.05, 0.1) is 24.6 Å². The molecule has 0 spiro atoms. The van der Waals surface area contributed by atoms with Crippen molar-refractivity contribution in [1.82, 2.24) is 19.7 Å². The molecule has 1 amide bonds. The molecule has 5 rings (SSSR count). The lowest BCUT2D eigenvalue weighted by atomic mass is 9.95. The second-order valence-electron chi connectivity index (χ2n) is 8.08. The molecular weight excluding hydrogens is 496 g/mol. The molecule has 0 aliphatic carbocycles. The van der Waals surface area contributed by atoms with Crippen LogP contribution in [0.3, 0.4) is 0 Å². The minimum atomic E-state index is -0.518. The van der Waals surface area contributed by atoms with Crippen molar-refractivity contribution >= 4 is 40.9 Å². The first-order chi connectivity index (χ1) is 17.5. The minimum absolute atomic E-state index is 0.257. The van der Waals surface area contributed by atoms with E-state index in [2.05, 4.69) is 15.6 Å². The molecular formula is C26H23ClN6O2S. The summed E-state index contributed by atoms with van der Waals surface area (Å²) in [6.45, 7) is 1.86. The fraction of sp³-hybridized carbons (Fsp3) is 0.154. The van der Waals surface area contributed by atoms with Crippen LogP contribution in [0.15, 0.2) is 89.5 Å². The summed E-state index contributed by atoms with van der Waals surface area (Å²) in [5, 5.41) is 12.3. The maximum Gasteiger partial charge on any atom is 0.255 e. The van der Waals surface area contributed by atoms with Crippen LogP contribution in [0.4, 0.5) is 11.6 Å². The number of hydrogen-bond donors (Lipinski definition) is 2. The van der Waals surface area contributed by atoms with Crippen LogP contribution in [0.25, 0.3) is 0 Å². The summed E-state index contributed by atoms with van der Waals surface area (Å²) >= 11 is 7.80. The Morgan fingerprint density at radius 1 is 1.19 bits per heavy atom. The Bertz CT molecular complexity index is 1440. The molecule has 0 saturated heterocycles. The predicted molar refractivity (Wildman–Crippen MR) is 141 cm³/mol. The fourth-order valence-electron chi connectivity index (χ4n) is 4.00. The highest BCUT2D eigenvalue weighted by Gasteiger charge is 2.34. The number of carbonyl (C=O) groups excluding carboxylic acids is 1. The van der Waals surface area contributed by atoms with Crippen molar-refractivity contribution < 1.29 is 9.53 Å². The number of ether oxygens (including phenoxy) is 1. The molecule has 0 fully saturated rings. The highest BCUT2D eigenvalue weighted by molar-refractivity contribution is 7.98. The van der Waals surface area contributed by atoms with Crippen LogP contribution in [-0.2, 0) is 10.5 Å². The van der Waals surface area contributed by atoms with Gasteiger partial charge >= 0.3 is 0 Å². The Morgan fingerprint density at radius 2 is 2.06 bits per heavy atom. The third-order valence-electron chi connectivity index (χ3n) is 5.72. The van der Waals surface area contributed by atoms with Gasteiger partial charge in [0.25, 0.3) is 5.91 Å². The Morgan fingerprint density at radius 3 is 2.83 bits per heavy atom. The average molecular weight is 519 g/mol. The van der Waals surface area contributed by atoms with E-state index in [0.717, 1.165) is 11.1 Å². The van der Waals surface area contributed by atoms with Gasteiger partial charge in [-0.1, -0.05) is 53.7 Å². The fourth-order valence-corrected chi connectivity index (χ4v) is 5.11. The molecule has 8 nitrogen and oxygen atoms in total. The van der Waals surface area contributed by atoms with Crippen molar-refractivity contribution in [2.24, 2.45) is 0 Å². The van der Waals surface area contributed by atoms with Crippen molar-refractivity contribution in [2.45, 2.75) is 23.9 Å². The first kappa shape index (κ1) is 23.9. The van der Waals surface area contributed by atoms with E-state index in [1.807, 2.05) is 55.5 Å². The molecule has 3 heterocycles. The zero-order valence-electron chi connectivity index (χ0n) is 19.6. The smallest absolute Gasteiger partial charge is 0.255 e. The maximum absolute atomic E-state index is 13.5. The van der Waals surface area contributed by atoms with E-state index in [0.29, 0.717) is 44.6 Å². The highest BCUT2D eigenvalue weighted by atomic mass is 35.5. The van der Waals surface area contributed by atoms with Crippen molar-refractivity contribution in [3.05, 3.63) is 100 Å². The van der Waals surface area contributed by atoms with Gasteiger partial charge < -0.3 is 15.4 Å². The number of aromatic nitrogens is 4. The molecule has 182 valence electrons. The number of carbonyl (C=O) groups is 1. The van der Waals surface area contributed by atoms with Gasteiger partial charge in [0, 0.05) is 22.7 Å². The van der Waals surface area contributed by atoms with Crippen molar-refractivity contribution in [1.29, 1.82) is 0 Å². The SMILES string of the molecule is COc1cccc([C@H]2C(C(=O)Nc3cccnc3)=C(C)Nc3nc(SCc4ccccc4Cl)nn32)c1. The predicted octanol–water partition coefficient (Wildman–Crippen LogP) is 5.56. The van der Waals surface area contributed by atoms with Crippen LogP contribution >= 0.6 is 23.4 Å². The van der Waals surface area contributed by atoms with Crippen LogP contribution in [-0.4, -0.2) is 32.8 Å². The van der Waals surface area contributed by atoms with Crippen LogP contribution in [0.5, 0.6) is 5.75 Å². The lowest BCUT2D eigenvalue weighted by Gasteiger charge is -2.28. The summed E-state index contributed by atoms with van der Waals surface area (Å²) in [6.07, 6.45) is 3.26. The monoisotopic (exact) mass is 518 g/mol. The van der Waals surface area contributed by atoms with Gasteiger partial charge in [-0.3, -0.25) is 9.78 Å². The third-order valence-corrected chi connectivity index (χ3v) is 6.98. The number of hydrogen-bond acceptors (Lipinski definition) is 7. The molecule has 2 aromatic heterocycles. The number of rotatable bonds is 7. The number of nitrogens with zero attached hydrogens (tertiary/aromatic N) is 4. The number of anilines is 2. The molecule has 1 atom stereocenters. The van der Waals surface area contributed by atoms with E-state index in [1.165, 1.54) is 11.8 Å². The van der Waals surface area contributed by atoms with E-state index in [9.17, 15) is 4.79 Å². The van der Waals surface area contributed by atoms with E-state index in [-0.39, 0.29) is 5.91 Å². The molecule has 0 radical (unpaired) electrons. The number of halogens is 1. The van der Waals surface area contributed by atoms with E-state index < -0.39 is 6.04 Å². The molecule has 0 unspecified atom stereocenters. The van der Waals surface area contributed by atoms with Gasteiger partial charge in [0.15, 0.2) is 0 Å². The number of fused-ring (bicyclic) bond motifs is 1. The summed E-state index contributed by atoms with van der Waals surface area (Å²) < 4.78 is 7.20. The van der Waals surface area contributed by atoms with Gasteiger partial charge in [0.2, 0.25) is 11.1 Å². The van der Waals surface area contributed by atoms with Crippen molar-refractivity contribution in [3.8, 4) is 5.75 Å². The average Bonchev–Trinajstić information content (AvgIpc) is 3.30. The number of methoxy groups -OCH3 is 1. The van der Waals surface area contributed by atoms with Gasteiger partial charge in [-0.2, -0.15) is 4.98 Å². The van der Waals surface area contributed by atoms with Crippen molar-refractivity contribution in [2.75, 3.05) is 17.7 Å². The zero-order valence-corrected chi connectivity index (χ0v) is 21.2. The number of nitrogens with one attached hydrogen (secondary N) is 2. The highest BCUT2D eigenvalue weighted by Crippen LogP contribution is 2.38. The number of amides is 1. The van der Waals surface area contributed by atoms with E-state index >= 15 is 0 Å². The molecule has 4 aromatic rings. The second-order valence-corrected chi connectivity index (χ2v) is 9.43. The normalized spacial score (nSPS) is 14.7. The maximum atomic E-state index is 13.5. The van der Waals surface area contributed by atoms with E-state index in [1.54, 1.807) is 36.3 Å². The second kappa shape index (κ2) is 10.4. The van der Waals surface area contributed by atoms with Crippen molar-refractivity contribution in [3.63, 3.8) is 0 Å². The van der Waals surface area contributed by atoms with Crippen LogP contribution in [0.2, 0.25) is 5.02 Å². The topological polar surface area (TPSA) is 94.0 Å². The Kier molecular flexibility index (Phi) is 6.92. The quantitative estimate of drug-likeness (QED) is 0.309. The van der Waals surface area contributed by atoms with Crippen LogP contribution < -0.4 is 15.4 Å². The first-order valence-electron chi connectivity index (χ1n) is 11.2. The van der Waals surface area contributed by atoms with Gasteiger partial charge in [-0.15, -0.1) is 5.10 Å². The molecule has 1 aliphatic heterocycles. The Labute approximate surface area is 217 Å². The summed E-state index contributed by atoms with van der Waals surface area (Å²) in [6, 6.07) is 18.4. The van der Waals surface area contributed by atoms with Gasteiger partial charge in [-0.05, 0) is 48.4 Å². The summed E-state index contributed by atoms with van der Waals surface area (Å²) in [5.74, 6) is 1.60. The molecule has 0 bridgehead atoms. The van der Waals surface area contributed by atoms with Crippen LogP contribution in [0.1, 0.15) is 24.1 Å². The molecule has 1 aliphatic rings. The van der Waals surface area contributed by atoms with Gasteiger partial charge in [0.1, 0.15) is 11.8 Å². The molecule has 36 heavy (non-hydrogen) atoms. The number of pyridine rings is 1. The minimum Gasteiger partial charge on any atom is -0.497 e. The third kappa shape index (κ3) is 4.93. The lowest BCUT2D eigenvalue weighted by Crippen LogP contribution is -2.31. The largest absolute Gasteiger partial charge is 0.497 e. The molecule has 2 aromatic carbocycles. The zero-order chi connectivity index (χ0) is 25.1. The molecule has 10 heteroatoms. The Balaban J connectivity index is 1.51. The summed E-state index contributed by atoms with van der Waals surface area (Å²) in [5.41, 5.74) is 3.66. The molecule has 0 saturated carbocycles.